The number of hydrogen-bond acceptors (Lipinski definition) is 7. The predicted octanol–water partition coefficient (Wildman–Crippen LogP) is 3.13. The summed E-state index contributed by atoms with van der Waals surface area (Å²) in [5, 5.41) is 3.74. The van der Waals surface area contributed by atoms with Gasteiger partial charge in [0, 0.05) is 35.8 Å². The number of carbonyl (C=O) groups is 3. The Morgan fingerprint density at radius 2 is 2.08 bits per heavy atom. The van der Waals surface area contributed by atoms with Crippen LogP contribution < -0.4 is 22.5 Å². The van der Waals surface area contributed by atoms with E-state index in [1.165, 1.54) is 17.4 Å². The van der Waals surface area contributed by atoms with Gasteiger partial charge in [0.1, 0.15) is 5.54 Å². The molecular weight excluding hydrogens is 498 g/mol. The zero-order chi connectivity index (χ0) is 27.2. The number of nitrogens with zero attached hydrogens (tertiary/aromatic N) is 1. The van der Waals surface area contributed by atoms with Gasteiger partial charge in [-0.1, -0.05) is 50.3 Å². The van der Waals surface area contributed by atoms with Crippen molar-refractivity contribution in [3.8, 4) is 0 Å². The minimum Gasteiger partial charge on any atom is -0.398 e. The summed E-state index contributed by atoms with van der Waals surface area (Å²) >= 11 is 1.23. The van der Waals surface area contributed by atoms with Gasteiger partial charge in [0.15, 0.2) is 5.78 Å². The quantitative estimate of drug-likeness (QED) is 0.284. The molecule has 38 heavy (non-hydrogen) atoms. The maximum Gasteiger partial charge on any atom is 0.262 e. The number of piperidine rings is 1. The first kappa shape index (κ1) is 26.1. The van der Waals surface area contributed by atoms with Crippen molar-refractivity contribution in [2.75, 3.05) is 18.8 Å². The molecule has 2 amide bonds. The van der Waals surface area contributed by atoms with Crippen molar-refractivity contribution in [1.29, 1.82) is 0 Å². The molecule has 7 N–H and O–H groups in total. The van der Waals surface area contributed by atoms with E-state index in [4.69, 9.17) is 17.2 Å². The Morgan fingerprint density at radius 1 is 1.29 bits per heavy atom. The largest absolute Gasteiger partial charge is 0.398 e. The molecule has 1 saturated heterocycles. The number of aryl methyl sites for hydroxylation is 1. The van der Waals surface area contributed by atoms with Crippen molar-refractivity contribution in [1.82, 2.24) is 10.2 Å². The average molecular weight is 532 g/mol. The maximum atomic E-state index is 14.0. The molecule has 2 heterocycles. The molecule has 1 fully saturated rings. The lowest BCUT2D eigenvalue weighted by molar-refractivity contribution is -0.127. The fourth-order valence-electron chi connectivity index (χ4n) is 5.78. The van der Waals surface area contributed by atoms with E-state index in [1.54, 1.807) is 17.0 Å². The van der Waals surface area contributed by atoms with Crippen LogP contribution in [-0.4, -0.2) is 41.6 Å². The van der Waals surface area contributed by atoms with Crippen LogP contribution in [0.25, 0.3) is 10.1 Å². The number of benzene rings is 2. The van der Waals surface area contributed by atoms with E-state index in [2.05, 4.69) is 18.8 Å². The molecule has 0 radical (unpaired) electrons. The van der Waals surface area contributed by atoms with Crippen molar-refractivity contribution < 1.29 is 14.4 Å². The molecule has 1 aromatic heterocycles. The second-order valence-electron chi connectivity index (χ2n) is 10.2. The average Bonchev–Trinajstić information content (AvgIpc) is 3.33. The summed E-state index contributed by atoms with van der Waals surface area (Å²) in [7, 11) is 0. The first-order valence-corrected chi connectivity index (χ1v) is 13.8. The molecule has 0 saturated carbocycles. The Balaban J connectivity index is 1.58. The van der Waals surface area contributed by atoms with Gasteiger partial charge in [-0.3, -0.25) is 14.4 Å². The van der Waals surface area contributed by atoms with Crippen LogP contribution in [0.5, 0.6) is 0 Å². The Morgan fingerprint density at radius 3 is 2.82 bits per heavy atom. The third-order valence-corrected chi connectivity index (χ3v) is 8.94. The number of anilines is 1. The van der Waals surface area contributed by atoms with Crippen LogP contribution in [0.1, 0.15) is 64.2 Å². The van der Waals surface area contributed by atoms with Crippen molar-refractivity contribution in [3.63, 3.8) is 0 Å². The van der Waals surface area contributed by atoms with Gasteiger partial charge in [-0.05, 0) is 48.1 Å². The Labute approximate surface area is 225 Å². The number of hydrogen-bond donors (Lipinski definition) is 4. The summed E-state index contributed by atoms with van der Waals surface area (Å²) in [6.45, 7) is 6.68. The third kappa shape index (κ3) is 4.11. The molecule has 2 aliphatic rings. The van der Waals surface area contributed by atoms with Crippen molar-refractivity contribution in [3.05, 3.63) is 76.2 Å². The van der Waals surface area contributed by atoms with Crippen LogP contribution in [-0.2, 0) is 21.5 Å². The SMILES string of the molecule is C=CC(=O)N1CCCC(NC(=O)c2sc3c(N)ccc4c3c2C(N)C(=O)C4(N)c2cccc(CCC)c2)C1. The van der Waals surface area contributed by atoms with E-state index in [1.807, 2.05) is 24.3 Å². The molecule has 2 aromatic carbocycles. The molecule has 1 aliphatic heterocycles. The van der Waals surface area contributed by atoms with Gasteiger partial charge < -0.3 is 27.4 Å². The topological polar surface area (TPSA) is 145 Å². The zero-order valence-corrected chi connectivity index (χ0v) is 22.3. The molecule has 1 aliphatic carbocycles. The highest BCUT2D eigenvalue weighted by molar-refractivity contribution is 7.21. The van der Waals surface area contributed by atoms with E-state index in [-0.39, 0.29) is 23.6 Å². The fraction of sp³-hybridized carbons (Fsp3) is 0.345. The standard InChI is InChI=1S/C29H33N5O3S/c1-3-7-16-8-5-9-17(14-16)29(32)19-11-12-20(30)25-22(19)23(24(31)27(29)36)26(38-25)28(37)33-18-10-6-13-34(15-18)21(35)4-2/h4-5,8-9,11-12,14,18,24H,2-3,6-7,10,13,15,30-32H2,1H3,(H,33,37). The van der Waals surface area contributed by atoms with Gasteiger partial charge in [0.05, 0.1) is 15.6 Å². The van der Waals surface area contributed by atoms with Crippen molar-refractivity contribution in [2.24, 2.45) is 11.5 Å². The van der Waals surface area contributed by atoms with Crippen molar-refractivity contribution >= 4 is 44.7 Å². The van der Waals surface area contributed by atoms with E-state index < -0.39 is 11.6 Å². The van der Waals surface area contributed by atoms with Gasteiger partial charge in [0.2, 0.25) is 5.91 Å². The second-order valence-corrected chi connectivity index (χ2v) is 11.2. The molecular formula is C29H33N5O3S. The lowest BCUT2D eigenvalue weighted by atomic mass is 9.70. The number of amides is 2. The molecule has 198 valence electrons. The number of nitrogen functional groups attached to an aromatic ring is 1. The summed E-state index contributed by atoms with van der Waals surface area (Å²) in [4.78, 5) is 41.7. The van der Waals surface area contributed by atoms with Crippen LogP contribution in [0.4, 0.5) is 5.69 Å². The number of rotatable bonds is 6. The Hall–Kier alpha value is -3.53. The van der Waals surface area contributed by atoms with E-state index in [9.17, 15) is 14.4 Å². The van der Waals surface area contributed by atoms with Crippen LogP contribution >= 0.6 is 11.3 Å². The minimum atomic E-state index is -1.47. The molecule has 3 unspecified atom stereocenters. The molecule has 0 spiro atoms. The summed E-state index contributed by atoms with van der Waals surface area (Å²) < 4.78 is 0.692. The summed E-state index contributed by atoms with van der Waals surface area (Å²) in [6.07, 6.45) is 4.63. The van der Waals surface area contributed by atoms with Gasteiger partial charge in [-0.25, -0.2) is 0 Å². The molecule has 9 heteroatoms. The highest BCUT2D eigenvalue weighted by atomic mass is 32.1. The number of nitrogens with two attached hydrogens (primary N) is 3. The molecule has 5 rings (SSSR count). The maximum absolute atomic E-state index is 14.0. The van der Waals surface area contributed by atoms with Crippen LogP contribution in [0, 0.1) is 0 Å². The predicted molar refractivity (Wildman–Crippen MR) is 151 cm³/mol. The van der Waals surface area contributed by atoms with Crippen LogP contribution in [0.3, 0.4) is 0 Å². The van der Waals surface area contributed by atoms with Crippen LogP contribution in [0.15, 0.2) is 49.1 Å². The van der Waals surface area contributed by atoms with Gasteiger partial charge in [0.25, 0.3) is 5.91 Å². The van der Waals surface area contributed by atoms with E-state index in [0.717, 1.165) is 31.2 Å². The normalized spacial score (nSPS) is 22.9. The summed E-state index contributed by atoms with van der Waals surface area (Å²) in [5.41, 5.74) is 21.8. The number of carbonyl (C=O) groups excluding carboxylic acids is 3. The Bertz CT molecular complexity index is 1460. The van der Waals surface area contributed by atoms with Gasteiger partial charge in [-0.2, -0.15) is 0 Å². The summed E-state index contributed by atoms with van der Waals surface area (Å²) in [5.74, 6) is -0.854. The second kappa shape index (κ2) is 9.98. The Kier molecular flexibility index (Phi) is 6.85. The fourth-order valence-corrected chi connectivity index (χ4v) is 6.99. The van der Waals surface area contributed by atoms with Crippen molar-refractivity contribution in [2.45, 2.75) is 50.2 Å². The first-order valence-electron chi connectivity index (χ1n) is 13.0. The highest BCUT2D eigenvalue weighted by Crippen LogP contribution is 2.49. The highest BCUT2D eigenvalue weighted by Gasteiger charge is 2.48. The number of likely N-dealkylation sites (tertiary alicyclic amines) is 1. The van der Waals surface area contributed by atoms with Gasteiger partial charge in [-0.15, -0.1) is 11.3 Å². The number of nitrogens with one attached hydrogen (secondary N) is 1. The lowest BCUT2D eigenvalue weighted by Crippen LogP contribution is -2.53. The van der Waals surface area contributed by atoms with E-state index in [0.29, 0.717) is 50.4 Å². The van der Waals surface area contributed by atoms with Crippen LogP contribution in [0.2, 0.25) is 0 Å². The number of Topliss-reactive ketones (excluding diaryl/α,β-unsaturated/α-hetero) is 1. The third-order valence-electron chi connectivity index (χ3n) is 7.68. The summed E-state index contributed by atoms with van der Waals surface area (Å²) in [6, 6.07) is 9.97. The number of thiophene rings is 1. The zero-order valence-electron chi connectivity index (χ0n) is 21.5. The smallest absolute Gasteiger partial charge is 0.262 e. The van der Waals surface area contributed by atoms with E-state index >= 15 is 0 Å². The first-order chi connectivity index (χ1) is 18.2. The molecule has 3 atom stereocenters. The molecule has 8 nitrogen and oxygen atoms in total. The van der Waals surface area contributed by atoms with Gasteiger partial charge >= 0.3 is 0 Å². The number of ketones is 1. The lowest BCUT2D eigenvalue weighted by Gasteiger charge is -2.37. The minimum absolute atomic E-state index is 0.159. The monoisotopic (exact) mass is 531 g/mol. The molecule has 3 aromatic rings. The molecule has 0 bridgehead atoms.